The van der Waals surface area contributed by atoms with E-state index in [0.29, 0.717) is 5.56 Å². The molecule has 96 valence electrons. The van der Waals surface area contributed by atoms with Crippen molar-refractivity contribution in [3.63, 3.8) is 0 Å². The highest BCUT2D eigenvalue weighted by Crippen LogP contribution is 2.25. The van der Waals surface area contributed by atoms with Gasteiger partial charge in [0.25, 0.3) is 6.43 Å². The Kier molecular flexibility index (Phi) is 3.25. The predicted octanol–water partition coefficient (Wildman–Crippen LogP) is 2.38. The van der Waals surface area contributed by atoms with Crippen LogP contribution in [-0.2, 0) is 0 Å². The summed E-state index contributed by atoms with van der Waals surface area (Å²) in [5, 5.41) is 21.1. The molecule has 0 amide bonds. The third kappa shape index (κ3) is 2.28. The summed E-state index contributed by atoms with van der Waals surface area (Å²) in [6.45, 7) is 0. The number of carbonyl (C=O) groups is 1. The molecule has 0 spiro atoms. The van der Waals surface area contributed by atoms with Crippen LogP contribution in [0.2, 0.25) is 0 Å². The summed E-state index contributed by atoms with van der Waals surface area (Å²) in [7, 11) is 0. The fourth-order valence-corrected chi connectivity index (χ4v) is 1.62. The second-order valence-corrected chi connectivity index (χ2v) is 3.62. The Balaban J connectivity index is 2.56. The molecule has 0 aliphatic heterocycles. The second-order valence-electron chi connectivity index (χ2n) is 3.62. The maximum atomic E-state index is 12.9. The fourth-order valence-electron chi connectivity index (χ4n) is 1.62. The van der Waals surface area contributed by atoms with Crippen LogP contribution >= 0.6 is 0 Å². The van der Waals surface area contributed by atoms with Crippen LogP contribution in [0.3, 0.4) is 0 Å². The van der Waals surface area contributed by atoms with Gasteiger partial charge in [-0.25, -0.2) is 18.3 Å². The Labute approximate surface area is 106 Å². The molecule has 1 aromatic carbocycles. The van der Waals surface area contributed by atoms with Crippen LogP contribution in [0.1, 0.15) is 28.0 Å². The van der Waals surface area contributed by atoms with E-state index >= 15 is 0 Å². The number of benzene rings is 1. The van der Waals surface area contributed by atoms with Gasteiger partial charge in [0.15, 0.2) is 0 Å². The van der Waals surface area contributed by atoms with Crippen molar-refractivity contribution in [1.82, 2.24) is 9.78 Å². The minimum atomic E-state index is -2.97. The number of hydrogen-bond donors (Lipinski definition) is 1. The van der Waals surface area contributed by atoms with E-state index in [4.69, 9.17) is 10.4 Å². The van der Waals surface area contributed by atoms with Crippen LogP contribution < -0.4 is 0 Å². The van der Waals surface area contributed by atoms with Gasteiger partial charge in [-0.2, -0.15) is 10.4 Å². The number of halogens is 2. The van der Waals surface area contributed by atoms with Gasteiger partial charge in [-0.05, 0) is 24.3 Å². The first-order valence-electron chi connectivity index (χ1n) is 5.14. The van der Waals surface area contributed by atoms with E-state index in [0.717, 1.165) is 10.9 Å². The van der Waals surface area contributed by atoms with Crippen molar-refractivity contribution < 1.29 is 18.7 Å². The lowest BCUT2D eigenvalue weighted by Crippen LogP contribution is -2.07. The maximum absolute atomic E-state index is 12.9. The molecule has 2 rings (SSSR count). The summed E-state index contributed by atoms with van der Waals surface area (Å²) in [5.41, 5.74) is -0.591. The Bertz CT molecular complexity index is 657. The van der Waals surface area contributed by atoms with Gasteiger partial charge >= 0.3 is 5.97 Å². The molecule has 0 fully saturated rings. The molecule has 5 nitrogen and oxygen atoms in total. The van der Waals surface area contributed by atoms with Gasteiger partial charge in [0.1, 0.15) is 11.3 Å². The van der Waals surface area contributed by atoms with Crippen molar-refractivity contribution >= 4 is 5.97 Å². The van der Waals surface area contributed by atoms with Gasteiger partial charge in [0, 0.05) is 0 Å². The number of aromatic carboxylic acids is 1. The maximum Gasteiger partial charge on any atom is 0.339 e. The van der Waals surface area contributed by atoms with Crippen LogP contribution in [-0.4, -0.2) is 20.9 Å². The van der Waals surface area contributed by atoms with Crippen molar-refractivity contribution in [2.24, 2.45) is 0 Å². The predicted molar refractivity (Wildman–Crippen MR) is 60.2 cm³/mol. The van der Waals surface area contributed by atoms with E-state index in [1.54, 1.807) is 0 Å². The number of aromatic nitrogens is 2. The summed E-state index contributed by atoms with van der Waals surface area (Å²) in [6, 6.07) is 7.61. The first-order chi connectivity index (χ1) is 9.04. The van der Waals surface area contributed by atoms with E-state index in [1.165, 1.54) is 24.3 Å². The van der Waals surface area contributed by atoms with Crippen molar-refractivity contribution in [2.45, 2.75) is 6.43 Å². The van der Waals surface area contributed by atoms with Crippen LogP contribution in [0.25, 0.3) is 5.69 Å². The first-order valence-corrected chi connectivity index (χ1v) is 5.14. The summed E-state index contributed by atoms with van der Waals surface area (Å²) in [5.74, 6) is -1.46. The van der Waals surface area contributed by atoms with Crippen LogP contribution in [0.5, 0.6) is 0 Å². The molecule has 0 bridgehead atoms. The molecule has 1 N–H and O–H groups in total. The quantitative estimate of drug-likeness (QED) is 0.922. The Morgan fingerprint density at radius 3 is 2.47 bits per heavy atom. The number of hydrogen-bond acceptors (Lipinski definition) is 3. The summed E-state index contributed by atoms with van der Waals surface area (Å²) in [6.07, 6.45) is -2.09. The molecule has 0 atom stereocenters. The third-order valence-corrected chi connectivity index (χ3v) is 2.48. The molecule has 0 aliphatic carbocycles. The first kappa shape index (κ1) is 12.7. The van der Waals surface area contributed by atoms with E-state index in [-0.39, 0.29) is 5.69 Å². The number of nitrogens with zero attached hydrogens (tertiary/aromatic N) is 3. The van der Waals surface area contributed by atoms with Crippen LogP contribution in [0.4, 0.5) is 8.78 Å². The second kappa shape index (κ2) is 4.86. The highest BCUT2D eigenvalue weighted by atomic mass is 19.3. The van der Waals surface area contributed by atoms with E-state index in [9.17, 15) is 13.6 Å². The molecular weight excluding hydrogens is 256 g/mol. The summed E-state index contributed by atoms with van der Waals surface area (Å²) >= 11 is 0. The third-order valence-electron chi connectivity index (χ3n) is 2.48. The van der Waals surface area contributed by atoms with Gasteiger partial charge in [0.2, 0.25) is 0 Å². The SMILES string of the molecule is N#Cc1ccc(-n2ncc(C(=O)O)c2C(F)F)cc1. The molecule has 0 saturated carbocycles. The topological polar surface area (TPSA) is 78.9 Å². The van der Waals surface area contributed by atoms with Crippen LogP contribution in [0, 0.1) is 11.3 Å². The lowest BCUT2D eigenvalue weighted by molar-refractivity contribution is 0.0683. The molecular formula is C12H7F2N3O2. The van der Waals surface area contributed by atoms with Gasteiger partial charge in [-0.1, -0.05) is 0 Å². The number of alkyl halides is 2. The molecule has 0 unspecified atom stereocenters. The minimum Gasteiger partial charge on any atom is -0.478 e. The molecule has 2 aromatic rings. The van der Waals surface area contributed by atoms with Crippen molar-refractivity contribution in [1.29, 1.82) is 5.26 Å². The number of carboxylic acid groups (broad SMARTS) is 1. The average molecular weight is 263 g/mol. The van der Waals surface area contributed by atoms with E-state index in [2.05, 4.69) is 5.10 Å². The average Bonchev–Trinajstić information content (AvgIpc) is 2.83. The summed E-state index contributed by atoms with van der Waals surface area (Å²) < 4.78 is 26.7. The zero-order chi connectivity index (χ0) is 14.0. The van der Waals surface area contributed by atoms with Crippen molar-refractivity contribution in [2.75, 3.05) is 0 Å². The van der Waals surface area contributed by atoms with E-state index in [1.807, 2.05) is 6.07 Å². The molecule has 1 aromatic heterocycles. The molecule has 0 radical (unpaired) electrons. The normalized spacial score (nSPS) is 10.4. The molecule has 0 saturated heterocycles. The summed E-state index contributed by atoms with van der Waals surface area (Å²) in [4.78, 5) is 10.8. The minimum absolute atomic E-state index is 0.266. The van der Waals surface area contributed by atoms with Gasteiger partial charge in [0.05, 0.1) is 23.5 Å². The van der Waals surface area contributed by atoms with Crippen molar-refractivity contribution in [3.8, 4) is 11.8 Å². The fraction of sp³-hybridized carbons (Fsp3) is 0.0833. The zero-order valence-electron chi connectivity index (χ0n) is 9.42. The van der Waals surface area contributed by atoms with Gasteiger partial charge < -0.3 is 5.11 Å². The Morgan fingerprint density at radius 2 is 2.00 bits per heavy atom. The van der Waals surface area contributed by atoms with Crippen LogP contribution in [0.15, 0.2) is 30.5 Å². The zero-order valence-corrected chi connectivity index (χ0v) is 9.42. The molecule has 0 aliphatic rings. The monoisotopic (exact) mass is 263 g/mol. The Hall–Kier alpha value is -2.75. The highest BCUT2D eigenvalue weighted by molar-refractivity contribution is 5.88. The lowest BCUT2D eigenvalue weighted by atomic mass is 10.2. The smallest absolute Gasteiger partial charge is 0.339 e. The Morgan fingerprint density at radius 1 is 1.37 bits per heavy atom. The number of carboxylic acids is 1. The largest absolute Gasteiger partial charge is 0.478 e. The standard InChI is InChI=1S/C12H7F2N3O2/c13-11(14)10-9(12(18)19)6-16-17(10)8-3-1-7(5-15)2-4-8/h1-4,6,11H,(H,18,19). The molecule has 1 heterocycles. The van der Waals surface area contributed by atoms with Gasteiger partial charge in [-0.15, -0.1) is 0 Å². The molecule has 7 heteroatoms. The number of rotatable bonds is 3. The van der Waals surface area contributed by atoms with Crippen molar-refractivity contribution in [3.05, 3.63) is 47.3 Å². The highest BCUT2D eigenvalue weighted by Gasteiger charge is 2.24. The lowest BCUT2D eigenvalue weighted by Gasteiger charge is -2.07. The van der Waals surface area contributed by atoms with E-state index < -0.39 is 23.7 Å². The molecule has 19 heavy (non-hydrogen) atoms. The van der Waals surface area contributed by atoms with Gasteiger partial charge in [-0.3, -0.25) is 0 Å². The number of nitriles is 1.